The molecule has 1 rings (SSSR count). The van der Waals surface area contributed by atoms with Crippen LogP contribution in [-0.4, -0.2) is 23.1 Å². The number of thioether (sulfide) groups is 1. The Labute approximate surface area is 143 Å². The van der Waals surface area contributed by atoms with Crippen molar-refractivity contribution in [2.24, 2.45) is 0 Å². The van der Waals surface area contributed by atoms with Gasteiger partial charge >= 0.3 is 13.3 Å². The third-order valence-corrected chi connectivity index (χ3v) is 5.58. The molecule has 132 valence electrons. The molecule has 0 radical (unpaired) electrons. The van der Waals surface area contributed by atoms with Crippen LogP contribution in [0.1, 0.15) is 32.3 Å². The van der Waals surface area contributed by atoms with Crippen LogP contribution in [0.15, 0.2) is 24.3 Å². The number of nitriles is 1. The SMILES string of the molecule is CCCC(=O)SCCOP(=O)(Oc1ccc(C#N)cc1)C(C)(F)F. The van der Waals surface area contributed by atoms with Crippen molar-refractivity contribution in [1.29, 1.82) is 5.26 Å². The van der Waals surface area contributed by atoms with E-state index in [-0.39, 0.29) is 23.2 Å². The summed E-state index contributed by atoms with van der Waals surface area (Å²) < 4.78 is 49.4. The molecule has 0 saturated heterocycles. The van der Waals surface area contributed by atoms with Gasteiger partial charge in [-0.05, 0) is 30.7 Å². The molecule has 0 saturated carbocycles. The fourth-order valence-electron chi connectivity index (χ4n) is 1.54. The van der Waals surface area contributed by atoms with Crippen molar-refractivity contribution in [3.05, 3.63) is 29.8 Å². The maximum Gasteiger partial charge on any atom is 0.448 e. The molecule has 0 heterocycles. The number of hydrogen-bond acceptors (Lipinski definition) is 6. The van der Waals surface area contributed by atoms with Crippen molar-refractivity contribution >= 4 is 24.5 Å². The van der Waals surface area contributed by atoms with Gasteiger partial charge in [0.15, 0.2) is 5.12 Å². The average molecular weight is 377 g/mol. The van der Waals surface area contributed by atoms with Crippen molar-refractivity contribution in [1.82, 2.24) is 0 Å². The summed E-state index contributed by atoms with van der Waals surface area (Å²) in [6.45, 7) is 2.00. The predicted octanol–water partition coefficient (Wildman–Crippen LogP) is 4.82. The molecule has 0 aromatic heterocycles. The van der Waals surface area contributed by atoms with Gasteiger partial charge in [-0.3, -0.25) is 9.32 Å². The summed E-state index contributed by atoms with van der Waals surface area (Å²) in [5.74, 6) is 0.0175. The van der Waals surface area contributed by atoms with Crippen molar-refractivity contribution in [3.8, 4) is 11.8 Å². The number of nitrogens with zero attached hydrogens (tertiary/aromatic N) is 1. The smallest absolute Gasteiger partial charge is 0.421 e. The summed E-state index contributed by atoms with van der Waals surface area (Å²) in [7, 11) is -4.76. The number of carbonyl (C=O) groups excluding carboxylic acids is 1. The monoisotopic (exact) mass is 377 g/mol. The summed E-state index contributed by atoms with van der Waals surface area (Å²) in [5.41, 5.74) is -3.40. The van der Waals surface area contributed by atoms with Gasteiger partial charge in [-0.15, -0.1) is 0 Å². The van der Waals surface area contributed by atoms with Crippen molar-refractivity contribution in [2.75, 3.05) is 12.4 Å². The van der Waals surface area contributed by atoms with Crippen LogP contribution >= 0.6 is 19.4 Å². The number of alkyl halides is 2. The fraction of sp³-hybridized carbons (Fsp3) is 0.467. The standard InChI is InChI=1S/C15H18F2NO4PS/c1-3-4-14(19)24-10-9-21-23(20,15(2,16)17)22-13-7-5-12(11-18)6-8-13/h5-8H,3-4,9-10H2,1-2H3. The lowest BCUT2D eigenvalue weighted by atomic mass is 10.2. The first-order valence-electron chi connectivity index (χ1n) is 7.19. The molecule has 0 fully saturated rings. The van der Waals surface area contributed by atoms with Crippen molar-refractivity contribution in [3.63, 3.8) is 0 Å². The minimum absolute atomic E-state index is 0.0767. The van der Waals surface area contributed by atoms with Gasteiger partial charge in [0.2, 0.25) is 0 Å². The lowest BCUT2D eigenvalue weighted by Gasteiger charge is -2.24. The predicted molar refractivity (Wildman–Crippen MR) is 88.3 cm³/mol. The molecule has 1 atom stereocenters. The quantitative estimate of drug-likeness (QED) is 0.454. The molecular formula is C15H18F2NO4PS. The highest BCUT2D eigenvalue weighted by molar-refractivity contribution is 8.13. The third-order valence-electron chi connectivity index (χ3n) is 2.75. The molecule has 1 aromatic carbocycles. The largest absolute Gasteiger partial charge is 0.448 e. The zero-order chi connectivity index (χ0) is 18.2. The van der Waals surface area contributed by atoms with E-state index < -0.39 is 13.3 Å². The first kappa shape index (κ1) is 20.6. The van der Waals surface area contributed by atoms with Crippen LogP contribution < -0.4 is 4.52 Å². The Balaban J connectivity index is 2.71. The first-order chi connectivity index (χ1) is 11.2. The van der Waals surface area contributed by atoms with E-state index in [0.717, 1.165) is 11.8 Å². The lowest BCUT2D eigenvalue weighted by Crippen LogP contribution is -2.18. The van der Waals surface area contributed by atoms with E-state index in [4.69, 9.17) is 14.3 Å². The first-order valence-corrected chi connectivity index (χ1v) is 9.72. The number of hydrogen-bond donors (Lipinski definition) is 0. The maximum atomic E-state index is 13.7. The molecule has 5 nitrogen and oxygen atoms in total. The van der Waals surface area contributed by atoms with Crippen molar-refractivity contribution in [2.45, 2.75) is 32.4 Å². The molecule has 0 N–H and O–H groups in total. The van der Waals surface area contributed by atoms with Crippen LogP contribution in [0.2, 0.25) is 0 Å². The summed E-state index contributed by atoms with van der Waals surface area (Å²) in [5, 5.41) is 8.62. The van der Waals surface area contributed by atoms with E-state index in [1.807, 2.05) is 13.0 Å². The normalized spacial score (nSPS) is 13.8. The van der Waals surface area contributed by atoms with Crippen LogP contribution in [0.3, 0.4) is 0 Å². The average Bonchev–Trinajstić information content (AvgIpc) is 2.51. The van der Waals surface area contributed by atoms with Gasteiger partial charge < -0.3 is 4.52 Å². The summed E-state index contributed by atoms with van der Waals surface area (Å²) in [6.07, 6.45) is 1.08. The molecule has 24 heavy (non-hydrogen) atoms. The molecule has 0 amide bonds. The number of rotatable bonds is 9. The second-order valence-corrected chi connectivity index (χ2v) is 8.24. The van der Waals surface area contributed by atoms with Gasteiger partial charge in [0.25, 0.3) is 0 Å². The van der Waals surface area contributed by atoms with E-state index in [0.29, 0.717) is 25.3 Å². The topological polar surface area (TPSA) is 76.4 Å². The highest BCUT2D eigenvalue weighted by Gasteiger charge is 2.50. The molecule has 1 unspecified atom stereocenters. The number of benzene rings is 1. The zero-order valence-electron chi connectivity index (χ0n) is 13.3. The summed E-state index contributed by atoms with van der Waals surface area (Å²) in [6, 6.07) is 7.11. The molecule has 9 heteroatoms. The molecule has 0 spiro atoms. The lowest BCUT2D eigenvalue weighted by molar-refractivity contribution is -0.111. The van der Waals surface area contributed by atoms with E-state index in [9.17, 15) is 18.1 Å². The van der Waals surface area contributed by atoms with Crippen LogP contribution in [0.25, 0.3) is 0 Å². The van der Waals surface area contributed by atoms with Gasteiger partial charge in [0, 0.05) is 19.1 Å². The fourth-order valence-corrected chi connectivity index (χ4v) is 3.58. The second-order valence-electron chi connectivity index (χ2n) is 4.87. The minimum atomic E-state index is -4.76. The Bertz CT molecular complexity index is 640. The molecular weight excluding hydrogens is 359 g/mol. The van der Waals surface area contributed by atoms with Gasteiger partial charge in [0.1, 0.15) is 5.75 Å². The maximum absolute atomic E-state index is 13.7. The zero-order valence-corrected chi connectivity index (χ0v) is 15.0. The Morgan fingerprint density at radius 3 is 2.50 bits per heavy atom. The Morgan fingerprint density at radius 1 is 1.38 bits per heavy atom. The summed E-state index contributed by atoms with van der Waals surface area (Å²) in [4.78, 5) is 11.3. The van der Waals surface area contributed by atoms with Crippen LogP contribution in [-0.2, 0) is 13.9 Å². The van der Waals surface area contributed by atoms with Gasteiger partial charge in [0.05, 0.1) is 18.2 Å². The third kappa shape index (κ3) is 6.23. The molecule has 0 bridgehead atoms. The summed E-state index contributed by atoms with van der Waals surface area (Å²) >= 11 is 0.942. The molecule has 0 aliphatic heterocycles. The van der Waals surface area contributed by atoms with Gasteiger partial charge in [-0.2, -0.15) is 14.0 Å². The minimum Gasteiger partial charge on any atom is -0.421 e. The van der Waals surface area contributed by atoms with E-state index in [2.05, 4.69) is 0 Å². The van der Waals surface area contributed by atoms with Gasteiger partial charge in [-0.25, -0.2) is 4.57 Å². The van der Waals surface area contributed by atoms with Crippen LogP contribution in [0, 0.1) is 11.3 Å². The Hall–Kier alpha value is -1.42. The highest BCUT2D eigenvalue weighted by Crippen LogP contribution is 2.61. The second kappa shape index (κ2) is 9.16. The molecule has 1 aromatic rings. The number of halogens is 2. The number of carbonyl (C=O) groups is 1. The Kier molecular flexibility index (Phi) is 7.88. The highest BCUT2D eigenvalue weighted by atomic mass is 32.2. The van der Waals surface area contributed by atoms with E-state index >= 15 is 0 Å². The van der Waals surface area contributed by atoms with Gasteiger partial charge in [-0.1, -0.05) is 18.7 Å². The van der Waals surface area contributed by atoms with Crippen molar-refractivity contribution < 1.29 is 27.2 Å². The molecule has 0 aliphatic carbocycles. The Morgan fingerprint density at radius 2 is 2.00 bits per heavy atom. The van der Waals surface area contributed by atoms with Crippen LogP contribution in [0.4, 0.5) is 8.78 Å². The van der Waals surface area contributed by atoms with E-state index in [1.165, 1.54) is 24.3 Å². The van der Waals surface area contributed by atoms with E-state index in [1.54, 1.807) is 0 Å². The van der Waals surface area contributed by atoms with Crippen LogP contribution in [0.5, 0.6) is 5.75 Å². The molecule has 0 aliphatic rings.